The second-order valence-corrected chi connectivity index (χ2v) is 10.5. The molecule has 0 spiro atoms. The van der Waals surface area contributed by atoms with Crippen LogP contribution in [-0.4, -0.2) is 33.1 Å². The van der Waals surface area contributed by atoms with Crippen molar-refractivity contribution >= 4 is 29.5 Å². The van der Waals surface area contributed by atoms with Gasteiger partial charge in [-0.1, -0.05) is 55.3 Å². The Kier molecular flexibility index (Phi) is 8.84. The Labute approximate surface area is 254 Å². The summed E-state index contributed by atoms with van der Waals surface area (Å²) in [5.74, 6) is -1.13. The molecule has 0 saturated heterocycles. The van der Waals surface area contributed by atoms with E-state index in [2.05, 4.69) is 6.92 Å². The van der Waals surface area contributed by atoms with E-state index in [0.29, 0.717) is 39.8 Å². The van der Waals surface area contributed by atoms with Crippen LogP contribution in [0.25, 0.3) is 23.0 Å². The molecule has 1 aliphatic rings. The average molecular weight is 595 g/mol. The number of hydrogen-bond donors (Lipinski definition) is 0. The number of para-hydroxylation sites is 1. The molecule has 2 heterocycles. The second-order valence-electron chi connectivity index (χ2n) is 10.1. The Morgan fingerprint density at radius 2 is 1.79 bits per heavy atom. The van der Waals surface area contributed by atoms with Crippen LogP contribution in [-0.2, 0) is 16.1 Å². The van der Waals surface area contributed by atoms with Gasteiger partial charge in [0.25, 0.3) is 11.8 Å². The van der Waals surface area contributed by atoms with E-state index in [9.17, 15) is 19.2 Å². The number of ether oxygens (including phenoxy) is 1. The van der Waals surface area contributed by atoms with Gasteiger partial charge in [0.15, 0.2) is 0 Å². The molecular formula is C34H28ClFN4O3. The number of halogens is 2. The fourth-order valence-electron chi connectivity index (χ4n) is 4.72. The van der Waals surface area contributed by atoms with E-state index in [4.69, 9.17) is 21.4 Å². The van der Waals surface area contributed by atoms with E-state index in [0.717, 1.165) is 23.4 Å². The summed E-state index contributed by atoms with van der Waals surface area (Å²) in [5.41, 5.74) is 3.47. The zero-order chi connectivity index (χ0) is 30.5. The first-order valence-electron chi connectivity index (χ1n) is 13.8. The standard InChI is InChI=1S/C34H28ClFN4O3/c1-3-4-16-43-31-15-12-24(18-30(31)35)32-25(21-40(38-32)27-8-6-5-7-9-27)17-28-22(2)29(19-37)34(42)39(33(28)41)20-23-10-13-26(36)14-11-23/h5-15,17-18,21H,3-4,16,20H2,1-2H3/b28-17+. The lowest BCUT2D eigenvalue weighted by atomic mass is 9.93. The molecule has 0 N–H and O–H groups in total. The average Bonchev–Trinajstić information content (AvgIpc) is 3.44. The summed E-state index contributed by atoms with van der Waals surface area (Å²) < 4.78 is 21.0. The van der Waals surface area contributed by atoms with Crippen molar-refractivity contribution in [1.82, 2.24) is 14.7 Å². The van der Waals surface area contributed by atoms with Gasteiger partial charge in [-0.3, -0.25) is 14.5 Å². The van der Waals surface area contributed by atoms with E-state index in [-0.39, 0.29) is 23.3 Å². The molecule has 43 heavy (non-hydrogen) atoms. The Bertz CT molecular complexity index is 1790. The number of aromatic nitrogens is 2. The van der Waals surface area contributed by atoms with E-state index in [1.165, 1.54) is 24.3 Å². The van der Waals surface area contributed by atoms with Crippen LogP contribution in [0.5, 0.6) is 5.75 Å². The minimum Gasteiger partial charge on any atom is -0.492 e. The Hall–Kier alpha value is -5.00. The molecule has 7 nitrogen and oxygen atoms in total. The lowest BCUT2D eigenvalue weighted by Gasteiger charge is -2.27. The third-order valence-electron chi connectivity index (χ3n) is 7.10. The zero-order valence-corrected chi connectivity index (χ0v) is 24.4. The first-order chi connectivity index (χ1) is 20.8. The van der Waals surface area contributed by atoms with Crippen LogP contribution in [0.2, 0.25) is 5.02 Å². The van der Waals surface area contributed by atoms with Gasteiger partial charge in [0.1, 0.15) is 28.9 Å². The van der Waals surface area contributed by atoms with Crippen molar-refractivity contribution in [1.29, 1.82) is 5.26 Å². The summed E-state index contributed by atoms with van der Waals surface area (Å²) in [7, 11) is 0. The molecule has 0 unspecified atom stereocenters. The maximum atomic E-state index is 13.8. The number of nitriles is 1. The van der Waals surface area contributed by atoms with Crippen LogP contribution in [0.15, 0.2) is 95.7 Å². The minimum absolute atomic E-state index is 0.112. The predicted molar refractivity (Wildman–Crippen MR) is 163 cm³/mol. The van der Waals surface area contributed by atoms with Gasteiger partial charge in [0.2, 0.25) is 0 Å². The third-order valence-corrected chi connectivity index (χ3v) is 7.40. The fourth-order valence-corrected chi connectivity index (χ4v) is 4.96. The van der Waals surface area contributed by atoms with Crippen LogP contribution in [0.1, 0.15) is 37.8 Å². The largest absolute Gasteiger partial charge is 0.492 e. The highest BCUT2D eigenvalue weighted by molar-refractivity contribution is 6.32. The molecule has 3 aromatic carbocycles. The highest BCUT2D eigenvalue weighted by Crippen LogP contribution is 2.35. The summed E-state index contributed by atoms with van der Waals surface area (Å²) >= 11 is 6.59. The van der Waals surface area contributed by atoms with Gasteiger partial charge in [0.05, 0.1) is 23.9 Å². The Balaban J connectivity index is 1.61. The number of benzene rings is 3. The van der Waals surface area contributed by atoms with Crippen LogP contribution in [0.3, 0.4) is 0 Å². The number of rotatable bonds is 9. The van der Waals surface area contributed by atoms with Crippen LogP contribution in [0.4, 0.5) is 4.39 Å². The molecule has 0 aliphatic carbocycles. The molecule has 2 amide bonds. The quantitative estimate of drug-likeness (QED) is 0.115. The molecule has 1 aromatic heterocycles. The molecule has 1 aliphatic heterocycles. The Morgan fingerprint density at radius 1 is 1.05 bits per heavy atom. The number of unbranched alkanes of at least 4 members (excludes halogenated alkanes) is 1. The molecule has 4 aromatic rings. The zero-order valence-electron chi connectivity index (χ0n) is 23.7. The second kappa shape index (κ2) is 12.9. The molecule has 9 heteroatoms. The lowest BCUT2D eigenvalue weighted by Crippen LogP contribution is -2.42. The van der Waals surface area contributed by atoms with Gasteiger partial charge in [0, 0.05) is 22.9 Å². The topological polar surface area (TPSA) is 88.2 Å². The first kappa shape index (κ1) is 29.5. The van der Waals surface area contributed by atoms with Gasteiger partial charge < -0.3 is 4.74 Å². The molecular weight excluding hydrogens is 567 g/mol. The van der Waals surface area contributed by atoms with Gasteiger partial charge >= 0.3 is 0 Å². The molecule has 216 valence electrons. The summed E-state index contributed by atoms with van der Waals surface area (Å²) in [4.78, 5) is 28.0. The highest BCUT2D eigenvalue weighted by atomic mass is 35.5. The maximum Gasteiger partial charge on any atom is 0.271 e. The molecule has 0 radical (unpaired) electrons. The number of amides is 2. The number of nitrogens with zero attached hydrogens (tertiary/aromatic N) is 4. The van der Waals surface area contributed by atoms with Crippen molar-refractivity contribution < 1.29 is 18.7 Å². The van der Waals surface area contributed by atoms with Crippen molar-refractivity contribution in [2.75, 3.05) is 6.61 Å². The SMILES string of the molecule is CCCCOc1ccc(-c2nn(-c3ccccc3)cc2/C=C2/C(=O)N(Cc3ccc(F)cc3)C(=O)C(C#N)=C2C)cc1Cl. The van der Waals surface area contributed by atoms with Crippen LogP contribution < -0.4 is 4.74 Å². The normalized spacial score (nSPS) is 14.4. The maximum absolute atomic E-state index is 13.8. The molecule has 0 fully saturated rings. The first-order valence-corrected chi connectivity index (χ1v) is 14.2. The van der Waals surface area contributed by atoms with Crippen LogP contribution >= 0.6 is 11.6 Å². The van der Waals surface area contributed by atoms with Crippen LogP contribution in [0, 0.1) is 17.1 Å². The van der Waals surface area contributed by atoms with E-state index >= 15 is 0 Å². The number of carbonyl (C=O) groups is 2. The Morgan fingerprint density at radius 3 is 2.47 bits per heavy atom. The van der Waals surface area contributed by atoms with Crippen molar-refractivity contribution in [3.63, 3.8) is 0 Å². The molecule has 0 saturated carbocycles. The van der Waals surface area contributed by atoms with Gasteiger partial charge in [-0.05, 0) is 73.0 Å². The van der Waals surface area contributed by atoms with E-state index in [1.807, 2.05) is 42.5 Å². The van der Waals surface area contributed by atoms with Crippen molar-refractivity contribution in [2.45, 2.75) is 33.2 Å². The predicted octanol–water partition coefficient (Wildman–Crippen LogP) is 7.30. The number of imide groups is 1. The minimum atomic E-state index is -0.697. The molecule has 5 rings (SSSR count). The van der Waals surface area contributed by atoms with Crippen molar-refractivity contribution in [2.24, 2.45) is 0 Å². The number of carbonyl (C=O) groups excluding carboxylic acids is 2. The van der Waals surface area contributed by atoms with Gasteiger partial charge in [-0.15, -0.1) is 0 Å². The summed E-state index contributed by atoms with van der Waals surface area (Å²) in [6, 6.07) is 22.4. The van der Waals surface area contributed by atoms with E-state index < -0.39 is 17.6 Å². The summed E-state index contributed by atoms with van der Waals surface area (Å²) in [6.45, 7) is 4.10. The van der Waals surface area contributed by atoms with Gasteiger partial charge in [-0.2, -0.15) is 10.4 Å². The third kappa shape index (κ3) is 6.27. The van der Waals surface area contributed by atoms with E-state index in [1.54, 1.807) is 36.0 Å². The summed E-state index contributed by atoms with van der Waals surface area (Å²) in [5, 5.41) is 15.1. The molecule has 0 atom stereocenters. The lowest BCUT2D eigenvalue weighted by molar-refractivity contribution is -0.141. The van der Waals surface area contributed by atoms with Crippen molar-refractivity contribution in [3.8, 4) is 28.8 Å². The van der Waals surface area contributed by atoms with Crippen molar-refractivity contribution in [3.05, 3.63) is 118 Å². The summed E-state index contributed by atoms with van der Waals surface area (Å²) in [6.07, 6.45) is 5.33. The molecule has 0 bridgehead atoms. The highest BCUT2D eigenvalue weighted by Gasteiger charge is 2.35. The monoisotopic (exact) mass is 594 g/mol. The number of hydrogen-bond acceptors (Lipinski definition) is 5. The van der Waals surface area contributed by atoms with Gasteiger partial charge in [-0.25, -0.2) is 9.07 Å². The smallest absolute Gasteiger partial charge is 0.271 e. The fraction of sp³-hybridized carbons (Fsp3) is 0.176.